The van der Waals surface area contributed by atoms with Crippen molar-refractivity contribution in [1.82, 2.24) is 20.4 Å². The third kappa shape index (κ3) is 7.57. The van der Waals surface area contributed by atoms with Crippen LogP contribution >= 0.6 is 47.2 Å². The molecule has 154 valence electrons. The molecule has 27 heavy (non-hydrogen) atoms. The molecule has 1 aromatic carbocycles. The number of benzene rings is 1. The Morgan fingerprint density at radius 1 is 1.19 bits per heavy atom. The predicted octanol–water partition coefficient (Wildman–Crippen LogP) is 3.86. The van der Waals surface area contributed by atoms with Crippen LogP contribution in [0.4, 0.5) is 0 Å². The predicted molar refractivity (Wildman–Crippen MR) is 128 cm³/mol. The van der Waals surface area contributed by atoms with Crippen LogP contribution in [0.15, 0.2) is 23.2 Å². The van der Waals surface area contributed by atoms with Crippen molar-refractivity contribution < 1.29 is 0 Å². The van der Waals surface area contributed by atoms with Crippen LogP contribution in [0.3, 0.4) is 0 Å². The number of hydrogen-bond acceptors (Lipinski definition) is 3. The van der Waals surface area contributed by atoms with E-state index in [1.807, 2.05) is 12.1 Å². The smallest absolute Gasteiger partial charge is 0.191 e. The highest BCUT2D eigenvalue weighted by atomic mass is 127. The molecule has 2 atom stereocenters. The molecule has 2 N–H and O–H groups in total. The number of likely N-dealkylation sites (N-methyl/N-ethyl adjacent to an activating group) is 1. The van der Waals surface area contributed by atoms with Crippen molar-refractivity contribution in [1.29, 1.82) is 0 Å². The quantitative estimate of drug-likeness (QED) is 0.335. The number of halogens is 3. The van der Waals surface area contributed by atoms with Crippen molar-refractivity contribution in [2.45, 2.75) is 32.9 Å². The van der Waals surface area contributed by atoms with Gasteiger partial charge in [-0.15, -0.1) is 24.0 Å². The largest absolute Gasteiger partial charge is 0.355 e. The van der Waals surface area contributed by atoms with E-state index >= 15 is 0 Å². The van der Waals surface area contributed by atoms with Gasteiger partial charge in [-0.1, -0.05) is 36.2 Å². The summed E-state index contributed by atoms with van der Waals surface area (Å²) in [5, 5.41) is 8.15. The molecule has 0 aliphatic carbocycles. The van der Waals surface area contributed by atoms with Crippen molar-refractivity contribution >= 4 is 53.1 Å². The van der Waals surface area contributed by atoms with Gasteiger partial charge < -0.3 is 15.5 Å². The van der Waals surface area contributed by atoms with E-state index in [0.717, 1.165) is 50.8 Å². The van der Waals surface area contributed by atoms with Gasteiger partial charge in [0.05, 0.1) is 6.04 Å². The number of nitrogens with zero attached hydrogens (tertiary/aromatic N) is 3. The van der Waals surface area contributed by atoms with Gasteiger partial charge in [-0.2, -0.15) is 0 Å². The first-order chi connectivity index (χ1) is 12.4. The highest BCUT2D eigenvalue weighted by molar-refractivity contribution is 14.0. The van der Waals surface area contributed by atoms with Crippen LogP contribution in [-0.2, 0) is 0 Å². The Hall–Kier alpha value is -0.280. The van der Waals surface area contributed by atoms with Gasteiger partial charge in [-0.05, 0) is 38.1 Å². The Balaban J connectivity index is 0.00000364. The fourth-order valence-electron chi connectivity index (χ4n) is 3.22. The first-order valence-electron chi connectivity index (χ1n) is 9.33. The molecule has 0 amide bonds. The SMILES string of the molecule is CCN1CCN(C(C)CNC(=NC)NC(C)c2ccc(Cl)cc2Cl)CC1.I. The lowest BCUT2D eigenvalue weighted by atomic mass is 10.1. The van der Waals surface area contributed by atoms with E-state index in [-0.39, 0.29) is 30.0 Å². The van der Waals surface area contributed by atoms with Crippen molar-refractivity contribution in [3.05, 3.63) is 33.8 Å². The van der Waals surface area contributed by atoms with Crippen LogP contribution in [0.2, 0.25) is 10.0 Å². The summed E-state index contributed by atoms with van der Waals surface area (Å²) in [6.45, 7) is 13.1. The number of guanidine groups is 1. The van der Waals surface area contributed by atoms with Gasteiger partial charge in [0.1, 0.15) is 0 Å². The van der Waals surface area contributed by atoms with Crippen molar-refractivity contribution in [2.75, 3.05) is 46.3 Å². The fourth-order valence-corrected chi connectivity index (χ4v) is 3.80. The molecule has 1 aliphatic rings. The summed E-state index contributed by atoms with van der Waals surface area (Å²) in [4.78, 5) is 9.37. The zero-order chi connectivity index (χ0) is 19.1. The molecule has 0 radical (unpaired) electrons. The van der Waals surface area contributed by atoms with Crippen molar-refractivity contribution in [3.63, 3.8) is 0 Å². The minimum absolute atomic E-state index is 0. The summed E-state index contributed by atoms with van der Waals surface area (Å²) in [6, 6.07) is 6.07. The molecule has 2 rings (SSSR count). The van der Waals surface area contributed by atoms with E-state index in [1.54, 1.807) is 13.1 Å². The zero-order valence-corrected chi connectivity index (χ0v) is 20.5. The fraction of sp³-hybridized carbons (Fsp3) is 0.632. The number of rotatable bonds is 6. The van der Waals surface area contributed by atoms with E-state index in [0.29, 0.717) is 16.1 Å². The van der Waals surface area contributed by atoms with Crippen molar-refractivity contribution in [2.24, 2.45) is 4.99 Å². The number of aliphatic imine (C=N–C) groups is 1. The lowest BCUT2D eigenvalue weighted by Gasteiger charge is -2.37. The van der Waals surface area contributed by atoms with Gasteiger partial charge in [-0.25, -0.2) is 0 Å². The van der Waals surface area contributed by atoms with Crippen LogP contribution in [0.1, 0.15) is 32.4 Å². The Morgan fingerprint density at radius 3 is 2.41 bits per heavy atom. The second-order valence-corrected chi connectivity index (χ2v) is 7.65. The highest BCUT2D eigenvalue weighted by Gasteiger charge is 2.20. The molecule has 8 heteroatoms. The Bertz CT molecular complexity index is 606. The zero-order valence-electron chi connectivity index (χ0n) is 16.6. The molecular formula is C19H32Cl2IN5. The Kier molecular flexibility index (Phi) is 11.3. The molecular weight excluding hydrogens is 496 g/mol. The monoisotopic (exact) mass is 527 g/mol. The van der Waals surface area contributed by atoms with Gasteiger partial charge in [0.25, 0.3) is 0 Å². The van der Waals surface area contributed by atoms with E-state index in [9.17, 15) is 0 Å². The number of piperazine rings is 1. The summed E-state index contributed by atoms with van der Waals surface area (Å²) in [7, 11) is 1.79. The van der Waals surface area contributed by atoms with Crippen LogP contribution < -0.4 is 10.6 Å². The van der Waals surface area contributed by atoms with Crippen LogP contribution in [0, 0.1) is 0 Å². The average Bonchev–Trinajstić information content (AvgIpc) is 2.64. The third-order valence-electron chi connectivity index (χ3n) is 5.05. The van der Waals surface area contributed by atoms with Crippen molar-refractivity contribution in [3.8, 4) is 0 Å². The van der Waals surface area contributed by atoms with E-state index in [4.69, 9.17) is 23.2 Å². The molecule has 5 nitrogen and oxygen atoms in total. The van der Waals surface area contributed by atoms with Gasteiger partial charge >= 0.3 is 0 Å². The molecule has 1 aliphatic heterocycles. The van der Waals surface area contributed by atoms with Gasteiger partial charge in [-0.3, -0.25) is 9.89 Å². The molecule has 1 saturated heterocycles. The molecule has 0 saturated carbocycles. The molecule has 0 spiro atoms. The number of nitrogens with one attached hydrogen (secondary N) is 2. The molecule has 0 bridgehead atoms. The third-order valence-corrected chi connectivity index (χ3v) is 5.61. The average molecular weight is 528 g/mol. The first-order valence-corrected chi connectivity index (χ1v) is 10.1. The maximum absolute atomic E-state index is 6.31. The van der Waals surface area contributed by atoms with Crippen LogP contribution in [0.25, 0.3) is 0 Å². The van der Waals surface area contributed by atoms with E-state index < -0.39 is 0 Å². The van der Waals surface area contributed by atoms with Gasteiger partial charge in [0.2, 0.25) is 0 Å². The lowest BCUT2D eigenvalue weighted by molar-refractivity contribution is 0.107. The minimum Gasteiger partial charge on any atom is -0.355 e. The summed E-state index contributed by atoms with van der Waals surface area (Å²) in [5.41, 5.74) is 1.00. The molecule has 1 aromatic rings. The minimum atomic E-state index is 0. The maximum atomic E-state index is 6.31. The van der Waals surface area contributed by atoms with E-state index in [2.05, 4.69) is 46.2 Å². The molecule has 1 heterocycles. The highest BCUT2D eigenvalue weighted by Crippen LogP contribution is 2.25. The first kappa shape index (κ1) is 24.8. The van der Waals surface area contributed by atoms with E-state index in [1.165, 1.54) is 0 Å². The molecule has 1 fully saturated rings. The second-order valence-electron chi connectivity index (χ2n) is 6.80. The number of hydrogen-bond donors (Lipinski definition) is 2. The Morgan fingerprint density at radius 2 is 1.85 bits per heavy atom. The van der Waals surface area contributed by atoms with Gasteiger partial charge in [0, 0.05) is 55.9 Å². The summed E-state index contributed by atoms with van der Waals surface area (Å²) in [6.07, 6.45) is 0. The summed E-state index contributed by atoms with van der Waals surface area (Å²) >= 11 is 12.3. The maximum Gasteiger partial charge on any atom is 0.191 e. The molecule has 2 unspecified atom stereocenters. The molecule has 0 aromatic heterocycles. The summed E-state index contributed by atoms with van der Waals surface area (Å²) < 4.78 is 0. The lowest BCUT2D eigenvalue weighted by Crippen LogP contribution is -2.53. The topological polar surface area (TPSA) is 42.9 Å². The van der Waals surface area contributed by atoms with Crippen LogP contribution in [-0.4, -0.2) is 68.1 Å². The normalized spacial score (nSPS) is 18.5. The Labute approximate surface area is 190 Å². The second kappa shape index (κ2) is 12.3. The summed E-state index contributed by atoms with van der Waals surface area (Å²) in [5.74, 6) is 0.780. The van der Waals surface area contributed by atoms with Crippen LogP contribution in [0.5, 0.6) is 0 Å². The standard InChI is InChI=1S/C19H31Cl2N5.HI/c1-5-25-8-10-26(11-9-25)14(2)13-23-19(22-4)24-15(3)17-7-6-16(20)12-18(17)21;/h6-7,12,14-15H,5,8-11,13H2,1-4H3,(H2,22,23,24);1H. The van der Waals surface area contributed by atoms with Gasteiger partial charge in [0.15, 0.2) is 5.96 Å².